The van der Waals surface area contributed by atoms with Crippen molar-refractivity contribution in [2.24, 2.45) is 5.92 Å². The van der Waals surface area contributed by atoms with Crippen molar-refractivity contribution in [3.05, 3.63) is 23.8 Å². The number of anilines is 1. The molecule has 0 aliphatic heterocycles. The largest absolute Gasteiger partial charge is 0.399 e. The zero-order chi connectivity index (χ0) is 15.5. The number of amides is 1. The molecule has 0 heterocycles. The molecule has 3 N–H and O–H groups in total. The van der Waals surface area contributed by atoms with E-state index in [0.717, 1.165) is 0 Å². The number of aryl methyl sites for hydroxylation is 1. The lowest BCUT2D eigenvalue weighted by atomic mass is 10.2. The lowest BCUT2D eigenvalue weighted by Crippen LogP contribution is -2.37. The van der Waals surface area contributed by atoms with Crippen molar-refractivity contribution in [2.75, 3.05) is 26.4 Å². The minimum atomic E-state index is -3.62. The Morgan fingerprint density at radius 1 is 1.45 bits per heavy atom. The van der Waals surface area contributed by atoms with Gasteiger partial charge in [0, 0.05) is 32.2 Å². The van der Waals surface area contributed by atoms with Crippen LogP contribution in [0.2, 0.25) is 0 Å². The van der Waals surface area contributed by atoms with E-state index in [1.807, 2.05) is 0 Å². The van der Waals surface area contributed by atoms with Gasteiger partial charge in [0.15, 0.2) is 0 Å². The molecule has 20 heavy (non-hydrogen) atoms. The Morgan fingerprint density at radius 3 is 2.55 bits per heavy atom. The third-order valence-corrected chi connectivity index (χ3v) is 4.99. The van der Waals surface area contributed by atoms with Crippen molar-refractivity contribution in [3.8, 4) is 0 Å². The van der Waals surface area contributed by atoms with Crippen LogP contribution in [-0.2, 0) is 14.8 Å². The molecular formula is C13H21N3O3S. The van der Waals surface area contributed by atoms with Crippen LogP contribution in [0.3, 0.4) is 0 Å². The van der Waals surface area contributed by atoms with Crippen molar-refractivity contribution in [1.82, 2.24) is 9.62 Å². The Morgan fingerprint density at radius 2 is 2.05 bits per heavy atom. The average molecular weight is 299 g/mol. The highest BCUT2D eigenvalue weighted by Crippen LogP contribution is 2.20. The first-order chi connectivity index (χ1) is 9.20. The summed E-state index contributed by atoms with van der Waals surface area (Å²) in [5.41, 5.74) is 6.94. The van der Waals surface area contributed by atoms with Gasteiger partial charge in [-0.25, -0.2) is 12.7 Å². The van der Waals surface area contributed by atoms with Gasteiger partial charge in [-0.3, -0.25) is 4.79 Å². The summed E-state index contributed by atoms with van der Waals surface area (Å²) in [6.07, 6.45) is 0. The fourth-order valence-corrected chi connectivity index (χ4v) is 3.15. The molecule has 7 heteroatoms. The van der Waals surface area contributed by atoms with Crippen LogP contribution >= 0.6 is 0 Å². The summed E-state index contributed by atoms with van der Waals surface area (Å²) in [4.78, 5) is 11.6. The summed E-state index contributed by atoms with van der Waals surface area (Å²) in [6, 6.07) is 4.57. The van der Waals surface area contributed by atoms with Gasteiger partial charge in [-0.1, -0.05) is 6.92 Å². The van der Waals surface area contributed by atoms with Crippen molar-refractivity contribution in [3.63, 3.8) is 0 Å². The van der Waals surface area contributed by atoms with Crippen LogP contribution in [0.5, 0.6) is 0 Å². The average Bonchev–Trinajstić information content (AvgIpc) is 2.40. The number of nitrogens with one attached hydrogen (secondary N) is 1. The van der Waals surface area contributed by atoms with Gasteiger partial charge in [-0.2, -0.15) is 0 Å². The molecule has 1 atom stereocenters. The molecule has 1 aromatic rings. The molecule has 112 valence electrons. The van der Waals surface area contributed by atoms with Gasteiger partial charge in [0.05, 0.1) is 4.90 Å². The number of sulfonamides is 1. The van der Waals surface area contributed by atoms with Gasteiger partial charge in [0.25, 0.3) is 0 Å². The van der Waals surface area contributed by atoms with Crippen molar-refractivity contribution >= 4 is 21.6 Å². The second-order valence-electron chi connectivity index (χ2n) is 4.82. The van der Waals surface area contributed by atoms with Gasteiger partial charge < -0.3 is 11.1 Å². The lowest BCUT2D eigenvalue weighted by Gasteiger charge is -2.20. The number of hydrogen-bond donors (Lipinski definition) is 2. The standard InChI is InChI=1S/C13H21N3O3S/c1-9-7-11(5-6-12(9)14)20(18,19)16(4)8-10(2)13(17)15-3/h5-7,10H,8,14H2,1-4H3,(H,15,17). The van der Waals surface area contributed by atoms with Crippen LogP contribution in [0, 0.1) is 12.8 Å². The monoisotopic (exact) mass is 299 g/mol. The van der Waals surface area contributed by atoms with Gasteiger partial charge >= 0.3 is 0 Å². The molecule has 1 aromatic carbocycles. The maximum absolute atomic E-state index is 12.4. The first-order valence-corrected chi connectivity index (χ1v) is 7.68. The second-order valence-corrected chi connectivity index (χ2v) is 6.86. The second kappa shape index (κ2) is 6.23. The van der Waals surface area contributed by atoms with Crippen LogP contribution in [-0.4, -0.2) is 39.3 Å². The molecule has 0 aromatic heterocycles. The molecule has 1 amide bonds. The number of benzene rings is 1. The summed E-state index contributed by atoms with van der Waals surface area (Å²) in [5, 5.41) is 2.50. The maximum atomic E-state index is 12.4. The summed E-state index contributed by atoms with van der Waals surface area (Å²) >= 11 is 0. The topological polar surface area (TPSA) is 92.5 Å². The van der Waals surface area contributed by atoms with E-state index in [1.54, 1.807) is 19.9 Å². The third kappa shape index (κ3) is 3.49. The number of rotatable bonds is 5. The smallest absolute Gasteiger partial charge is 0.242 e. The van der Waals surface area contributed by atoms with Crippen molar-refractivity contribution in [2.45, 2.75) is 18.7 Å². The van der Waals surface area contributed by atoms with E-state index < -0.39 is 15.9 Å². The predicted molar refractivity (Wildman–Crippen MR) is 78.6 cm³/mol. The highest BCUT2D eigenvalue weighted by Gasteiger charge is 2.24. The minimum absolute atomic E-state index is 0.116. The first-order valence-electron chi connectivity index (χ1n) is 6.24. The molecule has 0 bridgehead atoms. The Kier molecular flexibility index (Phi) is 5.13. The normalized spacial score (nSPS) is 13.2. The number of nitrogen functional groups attached to an aromatic ring is 1. The number of carbonyl (C=O) groups excluding carboxylic acids is 1. The zero-order valence-corrected chi connectivity index (χ0v) is 13.0. The van der Waals surface area contributed by atoms with E-state index >= 15 is 0 Å². The van der Waals surface area contributed by atoms with E-state index in [0.29, 0.717) is 11.3 Å². The molecule has 0 aliphatic rings. The van der Waals surface area contributed by atoms with Gasteiger partial charge in [0.1, 0.15) is 0 Å². The third-order valence-electron chi connectivity index (χ3n) is 3.17. The van der Waals surface area contributed by atoms with Crippen molar-refractivity contribution < 1.29 is 13.2 Å². The Hall–Kier alpha value is -1.60. The van der Waals surface area contributed by atoms with Gasteiger partial charge in [0.2, 0.25) is 15.9 Å². The number of nitrogens with zero attached hydrogens (tertiary/aromatic N) is 1. The quantitative estimate of drug-likeness (QED) is 0.778. The molecular weight excluding hydrogens is 278 g/mol. The molecule has 1 unspecified atom stereocenters. The molecule has 0 radical (unpaired) electrons. The Bertz CT molecular complexity index is 599. The van der Waals surface area contributed by atoms with E-state index in [1.165, 1.54) is 30.5 Å². The molecule has 0 aliphatic carbocycles. The lowest BCUT2D eigenvalue weighted by molar-refractivity contribution is -0.124. The zero-order valence-electron chi connectivity index (χ0n) is 12.2. The molecule has 0 spiro atoms. The van der Waals surface area contributed by atoms with Crippen LogP contribution in [0.15, 0.2) is 23.1 Å². The number of carbonyl (C=O) groups is 1. The van der Waals surface area contributed by atoms with Crippen LogP contribution in [0.1, 0.15) is 12.5 Å². The first kappa shape index (κ1) is 16.5. The number of nitrogens with two attached hydrogens (primary N) is 1. The maximum Gasteiger partial charge on any atom is 0.242 e. The highest BCUT2D eigenvalue weighted by molar-refractivity contribution is 7.89. The fraction of sp³-hybridized carbons (Fsp3) is 0.462. The summed E-state index contributed by atoms with van der Waals surface area (Å²) in [6.45, 7) is 3.55. The van der Waals surface area contributed by atoms with Crippen LogP contribution < -0.4 is 11.1 Å². The van der Waals surface area contributed by atoms with Crippen molar-refractivity contribution in [1.29, 1.82) is 0 Å². The van der Waals surface area contributed by atoms with E-state index in [9.17, 15) is 13.2 Å². The van der Waals surface area contributed by atoms with Crippen LogP contribution in [0.25, 0.3) is 0 Å². The molecule has 6 nitrogen and oxygen atoms in total. The Labute approximate surface area is 120 Å². The minimum Gasteiger partial charge on any atom is -0.399 e. The SMILES string of the molecule is CNC(=O)C(C)CN(C)S(=O)(=O)c1ccc(N)c(C)c1. The van der Waals surface area contributed by atoms with Gasteiger partial charge in [-0.05, 0) is 30.7 Å². The summed E-state index contributed by atoms with van der Waals surface area (Å²) in [7, 11) is -0.634. The van der Waals surface area contributed by atoms with E-state index in [2.05, 4.69) is 5.32 Å². The molecule has 0 saturated carbocycles. The fourth-order valence-electron chi connectivity index (χ4n) is 1.80. The number of hydrogen-bond acceptors (Lipinski definition) is 4. The highest BCUT2D eigenvalue weighted by atomic mass is 32.2. The molecule has 1 rings (SSSR count). The summed E-state index contributed by atoms with van der Waals surface area (Å²) in [5.74, 6) is -0.616. The predicted octanol–water partition coefficient (Wildman–Crippen LogP) is 0.580. The molecule has 0 fully saturated rings. The van der Waals surface area contributed by atoms with E-state index in [-0.39, 0.29) is 17.3 Å². The van der Waals surface area contributed by atoms with Gasteiger partial charge in [-0.15, -0.1) is 0 Å². The van der Waals surface area contributed by atoms with E-state index in [4.69, 9.17) is 5.73 Å². The van der Waals surface area contributed by atoms with Crippen LogP contribution in [0.4, 0.5) is 5.69 Å². The summed E-state index contributed by atoms with van der Waals surface area (Å²) < 4.78 is 26.0. The molecule has 0 saturated heterocycles. The Balaban J connectivity index is 2.98.